The minimum atomic E-state index is 0.140. The number of benzene rings is 1. The van der Waals surface area contributed by atoms with Crippen molar-refractivity contribution < 1.29 is 5.11 Å². The molecule has 0 aliphatic rings. The number of pyridine rings is 1. The molecular weight excluding hydrogens is 238 g/mol. The third kappa shape index (κ3) is 2.85. The van der Waals surface area contributed by atoms with Crippen LogP contribution in [0.4, 0.5) is 5.69 Å². The molecule has 0 aliphatic heterocycles. The fourth-order valence-corrected chi connectivity index (χ4v) is 2.42. The molecule has 0 bridgehead atoms. The highest BCUT2D eigenvalue weighted by molar-refractivity contribution is 5.93. The van der Waals surface area contributed by atoms with Crippen molar-refractivity contribution in [2.45, 2.75) is 19.9 Å². The van der Waals surface area contributed by atoms with E-state index in [-0.39, 0.29) is 6.61 Å². The van der Waals surface area contributed by atoms with Crippen molar-refractivity contribution in [3.05, 3.63) is 36.0 Å². The maximum Gasteiger partial charge on any atom is 0.0723 e. The van der Waals surface area contributed by atoms with E-state index in [1.807, 2.05) is 24.4 Å². The van der Waals surface area contributed by atoms with Crippen LogP contribution in [-0.2, 0) is 6.54 Å². The smallest absolute Gasteiger partial charge is 0.0723 e. The summed E-state index contributed by atoms with van der Waals surface area (Å²) in [6, 6.07) is 8.06. The largest absolute Gasteiger partial charge is 0.395 e. The van der Waals surface area contributed by atoms with Crippen molar-refractivity contribution in [2.24, 2.45) is 5.73 Å². The molecule has 19 heavy (non-hydrogen) atoms. The molecule has 2 rings (SSSR count). The number of nitrogens with zero attached hydrogens (tertiary/aromatic N) is 2. The predicted molar refractivity (Wildman–Crippen MR) is 79.2 cm³/mol. The molecule has 1 heterocycles. The first-order chi connectivity index (χ1) is 9.31. The van der Waals surface area contributed by atoms with E-state index < -0.39 is 0 Å². The van der Waals surface area contributed by atoms with Gasteiger partial charge in [0.15, 0.2) is 0 Å². The molecular formula is C15H21N3O. The minimum Gasteiger partial charge on any atom is -0.395 e. The van der Waals surface area contributed by atoms with Gasteiger partial charge in [-0.3, -0.25) is 4.98 Å². The summed E-state index contributed by atoms with van der Waals surface area (Å²) in [6.45, 7) is 4.26. The first-order valence-corrected chi connectivity index (χ1v) is 6.74. The van der Waals surface area contributed by atoms with Crippen LogP contribution in [0.5, 0.6) is 0 Å². The van der Waals surface area contributed by atoms with Crippen molar-refractivity contribution >= 4 is 16.6 Å². The number of aliphatic hydroxyl groups is 1. The van der Waals surface area contributed by atoms with Crippen molar-refractivity contribution in [1.82, 2.24) is 4.98 Å². The normalized spacial score (nSPS) is 10.9. The fraction of sp³-hybridized carbons (Fsp3) is 0.400. The van der Waals surface area contributed by atoms with Crippen LogP contribution < -0.4 is 10.6 Å². The van der Waals surface area contributed by atoms with E-state index in [2.05, 4.69) is 22.9 Å². The molecule has 0 fully saturated rings. The van der Waals surface area contributed by atoms with Crippen LogP contribution >= 0.6 is 0 Å². The van der Waals surface area contributed by atoms with Gasteiger partial charge in [0.25, 0.3) is 0 Å². The quantitative estimate of drug-likeness (QED) is 0.831. The summed E-state index contributed by atoms with van der Waals surface area (Å²) in [4.78, 5) is 6.65. The lowest BCUT2D eigenvalue weighted by atomic mass is 10.1. The second-order valence-corrected chi connectivity index (χ2v) is 4.56. The molecule has 4 heteroatoms. The number of nitrogens with two attached hydrogens (primary N) is 1. The Morgan fingerprint density at radius 1 is 1.26 bits per heavy atom. The third-order valence-corrected chi connectivity index (χ3v) is 3.22. The van der Waals surface area contributed by atoms with E-state index in [0.717, 1.165) is 35.1 Å². The Bertz CT molecular complexity index is 536. The number of rotatable bonds is 6. The number of aromatic nitrogens is 1. The summed E-state index contributed by atoms with van der Waals surface area (Å²) in [5.74, 6) is 0. The summed E-state index contributed by atoms with van der Waals surface area (Å²) in [5, 5.41) is 10.4. The Morgan fingerprint density at radius 2 is 2.05 bits per heavy atom. The second kappa shape index (κ2) is 6.50. The van der Waals surface area contributed by atoms with Crippen LogP contribution in [0.2, 0.25) is 0 Å². The van der Waals surface area contributed by atoms with Gasteiger partial charge in [-0.2, -0.15) is 0 Å². The number of hydrogen-bond donors (Lipinski definition) is 2. The van der Waals surface area contributed by atoms with E-state index >= 15 is 0 Å². The highest BCUT2D eigenvalue weighted by Crippen LogP contribution is 2.29. The summed E-state index contributed by atoms with van der Waals surface area (Å²) >= 11 is 0. The maximum atomic E-state index is 9.27. The summed E-state index contributed by atoms with van der Waals surface area (Å²) < 4.78 is 0. The van der Waals surface area contributed by atoms with Crippen molar-refractivity contribution in [3.8, 4) is 0 Å². The van der Waals surface area contributed by atoms with Crippen LogP contribution in [0.25, 0.3) is 10.9 Å². The maximum absolute atomic E-state index is 9.27. The molecule has 0 radical (unpaired) electrons. The number of anilines is 1. The number of fused-ring (bicyclic) bond motifs is 1. The SMILES string of the molecule is CCCN(CCO)c1c(CN)cnc2ccccc12. The first-order valence-electron chi connectivity index (χ1n) is 6.74. The van der Waals surface area contributed by atoms with Crippen LogP contribution in [0, 0.1) is 0 Å². The lowest BCUT2D eigenvalue weighted by Crippen LogP contribution is -2.29. The topological polar surface area (TPSA) is 62.4 Å². The first kappa shape index (κ1) is 13.8. The number of aliphatic hydroxyl groups excluding tert-OH is 1. The van der Waals surface area contributed by atoms with Gasteiger partial charge >= 0.3 is 0 Å². The molecule has 102 valence electrons. The van der Waals surface area contributed by atoms with Gasteiger partial charge < -0.3 is 15.7 Å². The summed E-state index contributed by atoms with van der Waals surface area (Å²) in [6.07, 6.45) is 2.87. The zero-order chi connectivity index (χ0) is 13.7. The highest BCUT2D eigenvalue weighted by Gasteiger charge is 2.14. The zero-order valence-corrected chi connectivity index (χ0v) is 11.3. The molecule has 0 saturated carbocycles. The van der Waals surface area contributed by atoms with Crippen molar-refractivity contribution in [1.29, 1.82) is 0 Å². The van der Waals surface area contributed by atoms with Gasteiger partial charge in [0, 0.05) is 36.8 Å². The Kier molecular flexibility index (Phi) is 4.71. The predicted octanol–water partition coefficient (Wildman–Crippen LogP) is 1.90. The van der Waals surface area contributed by atoms with Gasteiger partial charge in [0.05, 0.1) is 17.8 Å². The standard InChI is InChI=1S/C15H21N3O/c1-2-7-18(8-9-19)15-12(10-16)11-17-14-6-4-3-5-13(14)15/h3-6,11,19H,2,7-10,16H2,1H3. The molecule has 0 unspecified atom stereocenters. The van der Waals surface area contributed by atoms with Gasteiger partial charge in [-0.05, 0) is 12.5 Å². The zero-order valence-electron chi connectivity index (χ0n) is 11.3. The Hall–Kier alpha value is -1.65. The van der Waals surface area contributed by atoms with Gasteiger partial charge in [-0.15, -0.1) is 0 Å². The molecule has 3 N–H and O–H groups in total. The molecule has 0 saturated heterocycles. The molecule has 2 aromatic rings. The van der Waals surface area contributed by atoms with Gasteiger partial charge in [0.2, 0.25) is 0 Å². The van der Waals surface area contributed by atoms with Gasteiger partial charge in [-0.25, -0.2) is 0 Å². The molecule has 0 spiro atoms. The van der Waals surface area contributed by atoms with E-state index in [4.69, 9.17) is 5.73 Å². The third-order valence-electron chi connectivity index (χ3n) is 3.22. The number of hydrogen-bond acceptors (Lipinski definition) is 4. The van der Waals surface area contributed by atoms with E-state index in [1.54, 1.807) is 0 Å². The average Bonchev–Trinajstić information content (AvgIpc) is 2.46. The van der Waals surface area contributed by atoms with Crippen molar-refractivity contribution in [3.63, 3.8) is 0 Å². The molecule has 0 aliphatic carbocycles. The molecule has 1 aromatic heterocycles. The summed E-state index contributed by atoms with van der Waals surface area (Å²) in [5.41, 5.74) is 8.95. The lowest BCUT2D eigenvalue weighted by molar-refractivity contribution is 0.302. The monoisotopic (exact) mass is 259 g/mol. The fourth-order valence-electron chi connectivity index (χ4n) is 2.42. The molecule has 1 aromatic carbocycles. The molecule has 0 atom stereocenters. The Balaban J connectivity index is 2.59. The Labute approximate surface area is 113 Å². The summed E-state index contributed by atoms with van der Waals surface area (Å²) in [7, 11) is 0. The van der Waals surface area contributed by atoms with E-state index in [0.29, 0.717) is 13.1 Å². The van der Waals surface area contributed by atoms with Crippen LogP contribution in [0.3, 0.4) is 0 Å². The molecule has 0 amide bonds. The highest BCUT2D eigenvalue weighted by atomic mass is 16.3. The Morgan fingerprint density at radius 3 is 2.74 bits per heavy atom. The lowest BCUT2D eigenvalue weighted by Gasteiger charge is -2.27. The van der Waals surface area contributed by atoms with Crippen LogP contribution in [0.15, 0.2) is 30.5 Å². The minimum absolute atomic E-state index is 0.140. The van der Waals surface area contributed by atoms with E-state index in [1.165, 1.54) is 0 Å². The van der Waals surface area contributed by atoms with Crippen LogP contribution in [0.1, 0.15) is 18.9 Å². The number of para-hydroxylation sites is 1. The van der Waals surface area contributed by atoms with Gasteiger partial charge in [0.1, 0.15) is 0 Å². The second-order valence-electron chi connectivity index (χ2n) is 4.56. The average molecular weight is 259 g/mol. The van der Waals surface area contributed by atoms with Crippen molar-refractivity contribution in [2.75, 3.05) is 24.6 Å². The molecule has 4 nitrogen and oxygen atoms in total. The van der Waals surface area contributed by atoms with Crippen LogP contribution in [-0.4, -0.2) is 29.8 Å². The van der Waals surface area contributed by atoms with Gasteiger partial charge in [-0.1, -0.05) is 25.1 Å². The van der Waals surface area contributed by atoms with E-state index in [9.17, 15) is 5.11 Å².